The second kappa shape index (κ2) is 5.89. The van der Waals surface area contributed by atoms with Gasteiger partial charge in [-0.1, -0.05) is 18.2 Å². The Labute approximate surface area is 140 Å². The van der Waals surface area contributed by atoms with Crippen LogP contribution in [0.15, 0.2) is 28.7 Å². The highest BCUT2D eigenvalue weighted by Crippen LogP contribution is 2.39. The van der Waals surface area contributed by atoms with Gasteiger partial charge in [0.2, 0.25) is 5.22 Å². The summed E-state index contributed by atoms with van der Waals surface area (Å²) in [6.07, 6.45) is 0.0496. The molecule has 0 radical (unpaired) electrons. The van der Waals surface area contributed by atoms with Crippen LogP contribution in [0.4, 0.5) is 4.79 Å². The van der Waals surface area contributed by atoms with Crippen molar-refractivity contribution in [2.75, 3.05) is 7.05 Å². The van der Waals surface area contributed by atoms with Crippen molar-refractivity contribution in [3.63, 3.8) is 0 Å². The number of likely N-dealkylation sites (N-methyl/N-ethyl adjacent to an activating group) is 1. The molecule has 2 rings (SSSR count). The first-order chi connectivity index (χ1) is 10.6. The van der Waals surface area contributed by atoms with Crippen LogP contribution in [0.5, 0.6) is 0 Å². The minimum Gasteiger partial charge on any atom is -0.444 e. The maximum absolute atomic E-state index is 12.4. The smallest absolute Gasteiger partial charge is 0.411 e. The third kappa shape index (κ3) is 3.20. The average molecular weight is 338 g/mol. The van der Waals surface area contributed by atoms with E-state index in [1.165, 1.54) is 11.9 Å². The van der Waals surface area contributed by atoms with Crippen LogP contribution in [0.2, 0.25) is 5.22 Å². The number of aldehydes is 1. The zero-order valence-electron chi connectivity index (χ0n) is 13.8. The van der Waals surface area contributed by atoms with Crippen molar-refractivity contribution in [1.82, 2.24) is 4.90 Å². The molecule has 0 saturated carbocycles. The van der Waals surface area contributed by atoms with Crippen molar-refractivity contribution in [2.45, 2.75) is 38.8 Å². The molecular weight excluding hydrogens is 318 g/mol. The lowest BCUT2D eigenvalue weighted by molar-refractivity contribution is -0.117. The van der Waals surface area contributed by atoms with E-state index in [0.717, 1.165) is 0 Å². The number of furan rings is 1. The van der Waals surface area contributed by atoms with Gasteiger partial charge < -0.3 is 13.9 Å². The number of ether oxygens (including phenoxy) is 1. The van der Waals surface area contributed by atoms with E-state index in [9.17, 15) is 9.59 Å². The van der Waals surface area contributed by atoms with E-state index in [2.05, 4.69) is 0 Å². The molecule has 1 aromatic heterocycles. The number of halogens is 1. The third-order valence-electron chi connectivity index (χ3n) is 3.65. The van der Waals surface area contributed by atoms with Crippen molar-refractivity contribution in [3.05, 3.63) is 35.0 Å². The minimum absolute atomic E-state index is 0.0798. The van der Waals surface area contributed by atoms with Gasteiger partial charge in [0.25, 0.3) is 0 Å². The van der Waals surface area contributed by atoms with Gasteiger partial charge in [-0.2, -0.15) is 0 Å². The Kier molecular flexibility index (Phi) is 4.44. The van der Waals surface area contributed by atoms with Crippen LogP contribution in [0.1, 0.15) is 33.3 Å². The zero-order valence-corrected chi connectivity index (χ0v) is 14.6. The Hall–Kier alpha value is -2.01. The van der Waals surface area contributed by atoms with E-state index < -0.39 is 17.2 Å². The Morgan fingerprint density at radius 2 is 1.87 bits per heavy atom. The van der Waals surface area contributed by atoms with E-state index in [1.807, 2.05) is 12.1 Å². The highest BCUT2D eigenvalue weighted by atomic mass is 35.5. The molecule has 0 saturated heterocycles. The fraction of sp³-hybridized carbons (Fsp3) is 0.412. The van der Waals surface area contributed by atoms with Crippen LogP contribution >= 0.6 is 11.6 Å². The summed E-state index contributed by atoms with van der Waals surface area (Å²) < 4.78 is 10.9. The molecule has 23 heavy (non-hydrogen) atoms. The molecule has 2 aromatic rings. The standard InChI is InChI=1S/C17H20ClNO4/c1-16(2,3)23-15(21)19(5)17(4,10-20)13-11-8-6-7-9-12(11)22-14(13)18/h6-10H,1-5H3. The highest BCUT2D eigenvalue weighted by molar-refractivity contribution is 6.31. The van der Waals surface area contributed by atoms with E-state index in [4.69, 9.17) is 20.8 Å². The lowest BCUT2D eigenvalue weighted by Crippen LogP contribution is -2.48. The first-order valence-electron chi connectivity index (χ1n) is 7.21. The van der Waals surface area contributed by atoms with Crippen LogP contribution in [0.25, 0.3) is 11.0 Å². The summed E-state index contributed by atoms with van der Waals surface area (Å²) in [5, 5.41) is 0.763. The van der Waals surface area contributed by atoms with Gasteiger partial charge >= 0.3 is 6.09 Å². The summed E-state index contributed by atoms with van der Waals surface area (Å²) in [7, 11) is 1.50. The van der Waals surface area contributed by atoms with Crippen LogP contribution in [-0.4, -0.2) is 29.9 Å². The second-order valence-corrected chi connectivity index (χ2v) is 6.89. The summed E-state index contributed by atoms with van der Waals surface area (Å²) in [6.45, 7) is 6.89. The molecule has 0 aliphatic carbocycles. The molecule has 1 amide bonds. The molecule has 0 aliphatic heterocycles. The molecule has 0 aliphatic rings. The molecule has 0 bridgehead atoms. The summed E-state index contributed by atoms with van der Waals surface area (Å²) >= 11 is 6.21. The maximum Gasteiger partial charge on any atom is 0.411 e. The number of amides is 1. The quantitative estimate of drug-likeness (QED) is 0.780. The van der Waals surface area contributed by atoms with Crippen LogP contribution < -0.4 is 0 Å². The van der Waals surface area contributed by atoms with Crippen molar-refractivity contribution >= 4 is 34.9 Å². The van der Waals surface area contributed by atoms with Gasteiger partial charge in [0.05, 0.1) is 5.56 Å². The van der Waals surface area contributed by atoms with E-state index in [1.54, 1.807) is 39.8 Å². The molecule has 124 valence electrons. The molecular formula is C17H20ClNO4. The largest absolute Gasteiger partial charge is 0.444 e. The lowest BCUT2D eigenvalue weighted by Gasteiger charge is -2.35. The fourth-order valence-electron chi connectivity index (χ4n) is 2.31. The lowest BCUT2D eigenvalue weighted by atomic mass is 9.91. The van der Waals surface area contributed by atoms with Gasteiger partial charge in [-0.25, -0.2) is 4.79 Å². The van der Waals surface area contributed by atoms with Crippen molar-refractivity contribution in [1.29, 1.82) is 0 Å². The minimum atomic E-state index is -1.31. The van der Waals surface area contributed by atoms with E-state index in [0.29, 0.717) is 22.8 Å². The number of rotatable bonds is 3. The second-order valence-electron chi connectivity index (χ2n) is 6.55. The van der Waals surface area contributed by atoms with Gasteiger partial charge in [-0.3, -0.25) is 4.90 Å². The molecule has 1 aromatic carbocycles. The Morgan fingerprint density at radius 3 is 2.43 bits per heavy atom. The normalized spacial score (nSPS) is 14.3. The predicted molar refractivity (Wildman–Crippen MR) is 88.6 cm³/mol. The zero-order chi connectivity index (χ0) is 17.4. The number of benzene rings is 1. The first kappa shape index (κ1) is 17.3. The Bertz CT molecular complexity index is 747. The summed E-state index contributed by atoms with van der Waals surface area (Å²) in [5.41, 5.74) is -0.986. The SMILES string of the molecule is CN(C(=O)OC(C)(C)C)C(C)(C=O)c1c(Cl)oc2ccccc12. The summed E-state index contributed by atoms with van der Waals surface area (Å²) in [4.78, 5) is 25.5. The third-order valence-corrected chi connectivity index (χ3v) is 3.92. The van der Waals surface area contributed by atoms with Gasteiger partial charge in [0.15, 0.2) is 0 Å². The number of fused-ring (bicyclic) bond motifs is 1. The number of nitrogens with zero attached hydrogens (tertiary/aromatic N) is 1. The van der Waals surface area contributed by atoms with Crippen LogP contribution in [0.3, 0.4) is 0 Å². The number of para-hydroxylation sites is 1. The van der Waals surface area contributed by atoms with E-state index >= 15 is 0 Å². The van der Waals surface area contributed by atoms with Gasteiger partial charge in [0, 0.05) is 12.4 Å². The number of carbonyl (C=O) groups excluding carboxylic acids is 2. The Morgan fingerprint density at radius 1 is 1.26 bits per heavy atom. The Balaban J connectivity index is 2.53. The molecule has 5 nitrogen and oxygen atoms in total. The van der Waals surface area contributed by atoms with Gasteiger partial charge in [-0.05, 0) is 45.4 Å². The number of hydrogen-bond acceptors (Lipinski definition) is 4. The number of carbonyl (C=O) groups is 2. The van der Waals surface area contributed by atoms with Crippen molar-refractivity contribution in [3.8, 4) is 0 Å². The maximum atomic E-state index is 12.4. The highest BCUT2D eigenvalue weighted by Gasteiger charge is 2.41. The monoisotopic (exact) mass is 337 g/mol. The van der Waals surface area contributed by atoms with Crippen molar-refractivity contribution in [2.24, 2.45) is 0 Å². The van der Waals surface area contributed by atoms with Gasteiger partial charge in [-0.15, -0.1) is 0 Å². The molecule has 1 atom stereocenters. The van der Waals surface area contributed by atoms with Gasteiger partial charge in [0.1, 0.15) is 23.0 Å². The van der Waals surface area contributed by atoms with Crippen LogP contribution in [-0.2, 0) is 15.1 Å². The fourth-order valence-corrected chi connectivity index (χ4v) is 2.69. The number of hydrogen-bond donors (Lipinski definition) is 0. The molecule has 0 spiro atoms. The molecule has 1 heterocycles. The predicted octanol–water partition coefficient (Wildman–Crippen LogP) is 4.37. The van der Waals surface area contributed by atoms with Crippen LogP contribution in [0, 0.1) is 0 Å². The van der Waals surface area contributed by atoms with E-state index in [-0.39, 0.29) is 5.22 Å². The molecule has 0 N–H and O–H groups in total. The first-order valence-corrected chi connectivity index (χ1v) is 7.58. The molecule has 6 heteroatoms. The molecule has 1 unspecified atom stereocenters. The molecule has 0 fully saturated rings. The average Bonchev–Trinajstić information content (AvgIpc) is 2.80. The van der Waals surface area contributed by atoms with Crippen molar-refractivity contribution < 1.29 is 18.7 Å². The topological polar surface area (TPSA) is 59.8 Å². The summed E-state index contributed by atoms with van der Waals surface area (Å²) in [5.74, 6) is 0. The summed E-state index contributed by atoms with van der Waals surface area (Å²) in [6, 6.07) is 7.17.